The van der Waals surface area contributed by atoms with E-state index in [9.17, 15) is 0 Å². The SMILES string of the molecule is CC(C)c1nc(C#N)cc(N2CCCC2)n1. The van der Waals surface area contributed by atoms with Crippen LogP contribution in [0.1, 0.15) is 44.1 Å². The first-order valence-corrected chi connectivity index (χ1v) is 5.74. The molecule has 0 saturated carbocycles. The van der Waals surface area contributed by atoms with Crippen molar-refractivity contribution in [1.82, 2.24) is 9.97 Å². The maximum atomic E-state index is 8.95. The molecule has 1 aromatic rings. The van der Waals surface area contributed by atoms with E-state index in [1.807, 2.05) is 13.8 Å². The summed E-state index contributed by atoms with van der Waals surface area (Å²) in [5.41, 5.74) is 0.473. The van der Waals surface area contributed by atoms with E-state index in [1.165, 1.54) is 12.8 Å². The van der Waals surface area contributed by atoms with Gasteiger partial charge in [-0.2, -0.15) is 5.26 Å². The highest BCUT2D eigenvalue weighted by molar-refractivity contribution is 5.43. The summed E-state index contributed by atoms with van der Waals surface area (Å²) in [6.45, 7) is 6.17. The smallest absolute Gasteiger partial charge is 0.146 e. The lowest BCUT2D eigenvalue weighted by atomic mass is 10.2. The first kappa shape index (κ1) is 10.9. The van der Waals surface area contributed by atoms with Gasteiger partial charge in [-0.15, -0.1) is 0 Å². The third-order valence-corrected chi connectivity index (χ3v) is 2.79. The number of nitrogens with zero attached hydrogens (tertiary/aromatic N) is 4. The van der Waals surface area contributed by atoms with Crippen molar-refractivity contribution in [3.63, 3.8) is 0 Å². The van der Waals surface area contributed by atoms with E-state index in [0.717, 1.165) is 24.7 Å². The van der Waals surface area contributed by atoms with Gasteiger partial charge in [-0.05, 0) is 12.8 Å². The molecule has 2 heterocycles. The minimum absolute atomic E-state index is 0.259. The molecule has 1 saturated heterocycles. The van der Waals surface area contributed by atoms with Crippen LogP contribution in [0.15, 0.2) is 6.07 Å². The number of aromatic nitrogens is 2. The quantitative estimate of drug-likeness (QED) is 0.759. The Morgan fingerprint density at radius 2 is 2.00 bits per heavy atom. The molecule has 4 nitrogen and oxygen atoms in total. The molecule has 2 rings (SSSR count). The molecule has 16 heavy (non-hydrogen) atoms. The minimum Gasteiger partial charge on any atom is -0.356 e. The van der Waals surface area contributed by atoms with Crippen LogP contribution in [0, 0.1) is 11.3 Å². The molecule has 4 heteroatoms. The van der Waals surface area contributed by atoms with Crippen molar-refractivity contribution >= 4 is 5.82 Å². The number of hydrogen-bond acceptors (Lipinski definition) is 4. The van der Waals surface area contributed by atoms with Crippen LogP contribution in [0.5, 0.6) is 0 Å². The molecule has 1 aliphatic rings. The summed E-state index contributed by atoms with van der Waals surface area (Å²) < 4.78 is 0. The lowest BCUT2D eigenvalue weighted by molar-refractivity contribution is 0.761. The van der Waals surface area contributed by atoms with E-state index in [-0.39, 0.29) is 5.92 Å². The Balaban J connectivity index is 2.37. The molecule has 0 N–H and O–H groups in total. The van der Waals surface area contributed by atoms with Crippen molar-refractivity contribution in [2.45, 2.75) is 32.6 Å². The van der Waals surface area contributed by atoms with Gasteiger partial charge in [0.05, 0.1) is 0 Å². The summed E-state index contributed by atoms with van der Waals surface area (Å²) >= 11 is 0. The molecular weight excluding hydrogens is 200 g/mol. The lowest BCUT2D eigenvalue weighted by Gasteiger charge is -2.17. The Hall–Kier alpha value is -1.63. The van der Waals surface area contributed by atoms with Crippen molar-refractivity contribution in [2.75, 3.05) is 18.0 Å². The predicted molar refractivity (Wildman–Crippen MR) is 62.3 cm³/mol. The number of rotatable bonds is 2. The van der Waals surface area contributed by atoms with E-state index in [0.29, 0.717) is 5.69 Å². The summed E-state index contributed by atoms with van der Waals surface area (Å²) in [6.07, 6.45) is 2.42. The number of anilines is 1. The Bertz CT molecular complexity index is 414. The van der Waals surface area contributed by atoms with Crippen molar-refractivity contribution in [1.29, 1.82) is 5.26 Å². The predicted octanol–water partition coefficient (Wildman–Crippen LogP) is 2.07. The topological polar surface area (TPSA) is 52.8 Å². The van der Waals surface area contributed by atoms with Gasteiger partial charge in [0.2, 0.25) is 0 Å². The Morgan fingerprint density at radius 3 is 2.56 bits per heavy atom. The summed E-state index contributed by atoms with van der Waals surface area (Å²) in [5, 5.41) is 8.95. The van der Waals surface area contributed by atoms with Crippen LogP contribution in [0.4, 0.5) is 5.82 Å². The average molecular weight is 216 g/mol. The second-order valence-corrected chi connectivity index (χ2v) is 4.43. The van der Waals surface area contributed by atoms with Crippen molar-refractivity contribution < 1.29 is 0 Å². The molecule has 0 amide bonds. The Kier molecular flexibility index (Phi) is 3.04. The molecule has 0 atom stereocenters. The fourth-order valence-corrected chi connectivity index (χ4v) is 1.88. The van der Waals surface area contributed by atoms with Gasteiger partial charge in [0, 0.05) is 25.1 Å². The maximum Gasteiger partial charge on any atom is 0.146 e. The zero-order valence-electron chi connectivity index (χ0n) is 9.77. The molecule has 0 bridgehead atoms. The molecule has 0 aliphatic carbocycles. The number of nitriles is 1. The highest BCUT2D eigenvalue weighted by atomic mass is 15.2. The van der Waals surface area contributed by atoms with Crippen molar-refractivity contribution in [3.8, 4) is 6.07 Å². The molecule has 0 radical (unpaired) electrons. The summed E-state index contributed by atoms with van der Waals surface area (Å²) in [6, 6.07) is 3.90. The first-order valence-electron chi connectivity index (χ1n) is 5.74. The molecule has 84 valence electrons. The van der Waals surface area contributed by atoms with Crippen molar-refractivity contribution in [2.24, 2.45) is 0 Å². The summed E-state index contributed by atoms with van der Waals surface area (Å²) in [7, 11) is 0. The van der Waals surface area contributed by atoms with Crippen LogP contribution in [-0.4, -0.2) is 23.1 Å². The van der Waals surface area contributed by atoms with Gasteiger partial charge in [-0.3, -0.25) is 0 Å². The molecule has 0 unspecified atom stereocenters. The molecule has 0 spiro atoms. The van der Waals surface area contributed by atoms with Crippen LogP contribution in [0.25, 0.3) is 0 Å². The molecule has 0 aromatic carbocycles. The second kappa shape index (κ2) is 4.48. The monoisotopic (exact) mass is 216 g/mol. The third-order valence-electron chi connectivity index (χ3n) is 2.79. The molecule has 1 aromatic heterocycles. The van der Waals surface area contributed by atoms with Crippen LogP contribution in [-0.2, 0) is 0 Å². The molecule has 1 fully saturated rings. The zero-order valence-corrected chi connectivity index (χ0v) is 9.77. The fourth-order valence-electron chi connectivity index (χ4n) is 1.88. The van der Waals surface area contributed by atoms with E-state index in [2.05, 4.69) is 20.9 Å². The summed E-state index contributed by atoms with van der Waals surface area (Å²) in [5.74, 6) is 1.93. The van der Waals surface area contributed by atoms with Gasteiger partial charge >= 0.3 is 0 Å². The second-order valence-electron chi connectivity index (χ2n) is 4.43. The van der Waals surface area contributed by atoms with Crippen LogP contribution >= 0.6 is 0 Å². The standard InChI is InChI=1S/C12H16N4/c1-9(2)12-14-10(8-13)7-11(15-12)16-5-3-4-6-16/h7,9H,3-6H2,1-2H3. The average Bonchev–Trinajstić information content (AvgIpc) is 2.81. The highest BCUT2D eigenvalue weighted by Crippen LogP contribution is 2.20. The van der Waals surface area contributed by atoms with E-state index >= 15 is 0 Å². The molecule has 1 aliphatic heterocycles. The van der Waals surface area contributed by atoms with Crippen LogP contribution < -0.4 is 4.90 Å². The van der Waals surface area contributed by atoms with Gasteiger partial charge in [-0.1, -0.05) is 13.8 Å². The van der Waals surface area contributed by atoms with Gasteiger partial charge < -0.3 is 4.90 Å². The Labute approximate surface area is 95.9 Å². The highest BCUT2D eigenvalue weighted by Gasteiger charge is 2.16. The molecular formula is C12H16N4. The number of hydrogen-bond donors (Lipinski definition) is 0. The van der Waals surface area contributed by atoms with Gasteiger partial charge in [0.15, 0.2) is 0 Å². The minimum atomic E-state index is 0.259. The van der Waals surface area contributed by atoms with Gasteiger partial charge in [-0.25, -0.2) is 9.97 Å². The van der Waals surface area contributed by atoms with Crippen molar-refractivity contribution in [3.05, 3.63) is 17.6 Å². The van der Waals surface area contributed by atoms with Crippen LogP contribution in [0.2, 0.25) is 0 Å². The fraction of sp³-hybridized carbons (Fsp3) is 0.583. The van der Waals surface area contributed by atoms with E-state index < -0.39 is 0 Å². The van der Waals surface area contributed by atoms with Gasteiger partial charge in [0.25, 0.3) is 0 Å². The first-order chi connectivity index (χ1) is 7.70. The normalized spacial score (nSPS) is 15.5. The summed E-state index contributed by atoms with van der Waals surface area (Å²) in [4.78, 5) is 11.0. The van der Waals surface area contributed by atoms with E-state index in [1.54, 1.807) is 6.07 Å². The lowest BCUT2D eigenvalue weighted by Crippen LogP contribution is -2.20. The zero-order chi connectivity index (χ0) is 11.5. The maximum absolute atomic E-state index is 8.95. The van der Waals surface area contributed by atoms with E-state index in [4.69, 9.17) is 5.26 Å². The van der Waals surface area contributed by atoms with Gasteiger partial charge in [0.1, 0.15) is 23.4 Å². The largest absolute Gasteiger partial charge is 0.356 e. The third kappa shape index (κ3) is 2.13. The van der Waals surface area contributed by atoms with Crippen LogP contribution in [0.3, 0.4) is 0 Å². The Morgan fingerprint density at radius 1 is 1.31 bits per heavy atom.